The number of nitrogens with zero attached hydrogens (tertiary/aromatic N) is 2. The highest BCUT2D eigenvalue weighted by molar-refractivity contribution is 9.10. The van der Waals surface area contributed by atoms with Gasteiger partial charge >= 0.3 is 0 Å². The van der Waals surface area contributed by atoms with Crippen molar-refractivity contribution < 1.29 is 0 Å². The minimum Gasteiger partial charge on any atom is -0.384 e. The van der Waals surface area contributed by atoms with Crippen LogP contribution in [0.1, 0.15) is 12.0 Å². The molecule has 0 fully saturated rings. The van der Waals surface area contributed by atoms with Crippen molar-refractivity contribution in [1.29, 1.82) is 5.26 Å². The van der Waals surface area contributed by atoms with E-state index in [1.165, 1.54) is 0 Å². The van der Waals surface area contributed by atoms with Gasteiger partial charge in [0.2, 0.25) is 0 Å². The summed E-state index contributed by atoms with van der Waals surface area (Å²) < 4.78 is 0.988. The molecule has 4 heteroatoms. The Morgan fingerprint density at radius 1 is 1.44 bits per heavy atom. The SMILES string of the molecule is CN(C)CCCNc1cc(Br)ccc1C#N. The van der Waals surface area contributed by atoms with Crippen LogP contribution < -0.4 is 5.32 Å². The van der Waals surface area contributed by atoms with Crippen molar-refractivity contribution in [2.45, 2.75) is 6.42 Å². The van der Waals surface area contributed by atoms with Gasteiger partial charge in [-0.3, -0.25) is 0 Å². The van der Waals surface area contributed by atoms with Crippen molar-refractivity contribution >= 4 is 21.6 Å². The van der Waals surface area contributed by atoms with Gasteiger partial charge in [-0.1, -0.05) is 15.9 Å². The standard InChI is InChI=1S/C12H16BrN3/c1-16(2)7-3-6-15-12-8-11(13)5-4-10(12)9-14/h4-5,8,15H,3,6-7H2,1-2H3. The zero-order chi connectivity index (χ0) is 12.0. The van der Waals surface area contributed by atoms with E-state index >= 15 is 0 Å². The Balaban J connectivity index is 2.53. The summed E-state index contributed by atoms with van der Waals surface area (Å²) in [4.78, 5) is 2.15. The summed E-state index contributed by atoms with van der Waals surface area (Å²) >= 11 is 3.40. The highest BCUT2D eigenvalue weighted by atomic mass is 79.9. The van der Waals surface area contributed by atoms with Crippen LogP contribution in [0.3, 0.4) is 0 Å². The van der Waals surface area contributed by atoms with Crippen LogP contribution in [0.4, 0.5) is 5.69 Å². The Morgan fingerprint density at radius 3 is 2.81 bits per heavy atom. The topological polar surface area (TPSA) is 39.1 Å². The normalized spacial score (nSPS) is 10.2. The predicted octanol–water partition coefficient (Wildman–Crippen LogP) is 2.68. The lowest BCUT2D eigenvalue weighted by molar-refractivity contribution is 0.405. The smallest absolute Gasteiger partial charge is 0.101 e. The number of nitriles is 1. The van der Waals surface area contributed by atoms with E-state index in [9.17, 15) is 0 Å². The molecular weight excluding hydrogens is 266 g/mol. The molecule has 0 saturated carbocycles. The fourth-order valence-electron chi connectivity index (χ4n) is 1.38. The summed E-state index contributed by atoms with van der Waals surface area (Å²) in [6, 6.07) is 7.81. The first-order chi connectivity index (χ1) is 7.63. The minimum absolute atomic E-state index is 0.688. The lowest BCUT2D eigenvalue weighted by Crippen LogP contribution is -2.16. The number of hydrogen-bond donors (Lipinski definition) is 1. The average molecular weight is 282 g/mol. The van der Waals surface area contributed by atoms with E-state index in [-0.39, 0.29) is 0 Å². The van der Waals surface area contributed by atoms with Gasteiger partial charge < -0.3 is 10.2 Å². The molecule has 0 bridgehead atoms. The van der Waals surface area contributed by atoms with E-state index in [0.29, 0.717) is 5.56 Å². The molecule has 1 rings (SSSR count). The van der Waals surface area contributed by atoms with E-state index < -0.39 is 0 Å². The quantitative estimate of drug-likeness (QED) is 0.844. The van der Waals surface area contributed by atoms with Crippen LogP contribution in [0, 0.1) is 11.3 Å². The third-order valence-electron chi connectivity index (χ3n) is 2.20. The van der Waals surface area contributed by atoms with Gasteiger partial charge in [-0.2, -0.15) is 5.26 Å². The Hall–Kier alpha value is -1.05. The largest absolute Gasteiger partial charge is 0.384 e. The summed E-state index contributed by atoms with van der Waals surface area (Å²) in [6.45, 7) is 1.92. The monoisotopic (exact) mass is 281 g/mol. The minimum atomic E-state index is 0.688. The number of anilines is 1. The molecule has 0 aliphatic heterocycles. The van der Waals surface area contributed by atoms with Crippen LogP contribution in [0.25, 0.3) is 0 Å². The van der Waals surface area contributed by atoms with E-state index in [1.54, 1.807) is 0 Å². The highest BCUT2D eigenvalue weighted by Crippen LogP contribution is 2.20. The Morgan fingerprint density at radius 2 is 2.19 bits per heavy atom. The highest BCUT2D eigenvalue weighted by Gasteiger charge is 2.01. The summed E-state index contributed by atoms with van der Waals surface area (Å²) in [5.74, 6) is 0. The van der Waals surface area contributed by atoms with Crippen LogP contribution in [0.15, 0.2) is 22.7 Å². The molecule has 0 aliphatic carbocycles. The second-order valence-corrected chi connectivity index (χ2v) is 4.80. The summed E-state index contributed by atoms with van der Waals surface area (Å²) in [6.07, 6.45) is 1.06. The van der Waals surface area contributed by atoms with Gasteiger partial charge in [0, 0.05) is 11.0 Å². The Bertz CT molecular complexity index is 382. The maximum atomic E-state index is 8.94. The van der Waals surface area contributed by atoms with Crippen molar-refractivity contribution in [2.75, 3.05) is 32.5 Å². The van der Waals surface area contributed by atoms with Crippen LogP contribution in [-0.2, 0) is 0 Å². The molecule has 86 valence electrons. The van der Waals surface area contributed by atoms with Gasteiger partial charge in [-0.15, -0.1) is 0 Å². The molecule has 3 nitrogen and oxygen atoms in total. The molecule has 0 radical (unpaired) electrons. The first-order valence-electron chi connectivity index (χ1n) is 5.21. The molecule has 1 aromatic carbocycles. The lowest BCUT2D eigenvalue weighted by Gasteiger charge is -2.11. The van der Waals surface area contributed by atoms with Gasteiger partial charge in [0.15, 0.2) is 0 Å². The molecule has 0 aromatic heterocycles. The molecule has 0 amide bonds. The second-order valence-electron chi connectivity index (χ2n) is 3.89. The molecule has 0 atom stereocenters. The number of rotatable bonds is 5. The molecule has 16 heavy (non-hydrogen) atoms. The molecule has 0 heterocycles. The van der Waals surface area contributed by atoms with E-state index in [0.717, 1.165) is 29.7 Å². The first-order valence-corrected chi connectivity index (χ1v) is 6.01. The molecule has 0 saturated heterocycles. The lowest BCUT2D eigenvalue weighted by atomic mass is 10.2. The zero-order valence-electron chi connectivity index (χ0n) is 9.63. The van der Waals surface area contributed by atoms with E-state index in [1.807, 2.05) is 18.2 Å². The maximum Gasteiger partial charge on any atom is 0.101 e. The summed E-state index contributed by atoms with van der Waals surface area (Å²) in [7, 11) is 4.11. The molecule has 0 unspecified atom stereocenters. The second kappa shape index (κ2) is 6.51. The molecule has 1 aromatic rings. The fraction of sp³-hybridized carbons (Fsp3) is 0.417. The number of hydrogen-bond acceptors (Lipinski definition) is 3. The first kappa shape index (κ1) is 13.0. The third-order valence-corrected chi connectivity index (χ3v) is 2.69. The van der Waals surface area contributed by atoms with Crippen molar-refractivity contribution in [3.05, 3.63) is 28.2 Å². The number of halogens is 1. The summed E-state index contributed by atoms with van der Waals surface area (Å²) in [5.41, 5.74) is 1.59. The summed E-state index contributed by atoms with van der Waals surface area (Å²) in [5, 5.41) is 12.2. The molecular formula is C12H16BrN3. The van der Waals surface area contributed by atoms with Crippen LogP contribution >= 0.6 is 15.9 Å². The Labute approximate surface area is 105 Å². The van der Waals surface area contributed by atoms with E-state index in [2.05, 4.69) is 46.3 Å². The van der Waals surface area contributed by atoms with Gasteiger partial charge in [0.25, 0.3) is 0 Å². The molecule has 1 N–H and O–H groups in total. The number of benzene rings is 1. The van der Waals surface area contributed by atoms with Gasteiger partial charge in [-0.05, 0) is 45.3 Å². The maximum absolute atomic E-state index is 8.94. The van der Waals surface area contributed by atoms with Crippen molar-refractivity contribution in [3.63, 3.8) is 0 Å². The average Bonchev–Trinajstić information content (AvgIpc) is 2.24. The fourth-order valence-corrected chi connectivity index (χ4v) is 1.74. The van der Waals surface area contributed by atoms with Gasteiger partial charge in [-0.25, -0.2) is 0 Å². The van der Waals surface area contributed by atoms with Crippen LogP contribution in [0.2, 0.25) is 0 Å². The zero-order valence-corrected chi connectivity index (χ0v) is 11.2. The van der Waals surface area contributed by atoms with Crippen molar-refractivity contribution in [1.82, 2.24) is 4.90 Å². The Kier molecular flexibility index (Phi) is 5.30. The molecule has 0 aliphatic rings. The number of nitrogens with one attached hydrogen (secondary N) is 1. The van der Waals surface area contributed by atoms with Crippen LogP contribution in [-0.4, -0.2) is 32.1 Å². The third kappa shape index (κ3) is 4.21. The van der Waals surface area contributed by atoms with E-state index in [4.69, 9.17) is 5.26 Å². The molecule has 0 spiro atoms. The van der Waals surface area contributed by atoms with Gasteiger partial charge in [0.1, 0.15) is 6.07 Å². The van der Waals surface area contributed by atoms with Crippen molar-refractivity contribution in [3.8, 4) is 6.07 Å². The van der Waals surface area contributed by atoms with Crippen molar-refractivity contribution in [2.24, 2.45) is 0 Å². The predicted molar refractivity (Wildman–Crippen MR) is 70.5 cm³/mol. The van der Waals surface area contributed by atoms with Gasteiger partial charge in [0.05, 0.1) is 11.3 Å². The van der Waals surface area contributed by atoms with Crippen LogP contribution in [0.5, 0.6) is 0 Å².